The van der Waals surface area contributed by atoms with Gasteiger partial charge in [-0.1, -0.05) is 78.9 Å². The van der Waals surface area contributed by atoms with E-state index in [0.717, 1.165) is 88.2 Å². The van der Waals surface area contributed by atoms with Crippen molar-refractivity contribution in [2.75, 3.05) is 0 Å². The van der Waals surface area contributed by atoms with Crippen LogP contribution in [0.1, 0.15) is 0 Å². The third-order valence-electron chi connectivity index (χ3n) is 8.33. The monoisotopic (exact) mass is 549 g/mol. The summed E-state index contributed by atoms with van der Waals surface area (Å²) in [7, 11) is 0. The van der Waals surface area contributed by atoms with Gasteiger partial charge in [-0.2, -0.15) is 0 Å². The lowest BCUT2D eigenvalue weighted by molar-refractivity contribution is 0.669. The number of fused-ring (bicyclic) bond motifs is 7. The molecule has 0 aliphatic heterocycles. The van der Waals surface area contributed by atoms with Crippen molar-refractivity contribution in [3.8, 4) is 33.6 Å². The summed E-state index contributed by atoms with van der Waals surface area (Å²) in [6.45, 7) is 0. The van der Waals surface area contributed by atoms with Gasteiger partial charge in [-0.05, 0) is 65.0 Å². The van der Waals surface area contributed by atoms with E-state index in [0.29, 0.717) is 0 Å². The maximum atomic E-state index is 6.34. The van der Waals surface area contributed by atoms with Crippen molar-refractivity contribution in [2.45, 2.75) is 0 Å². The SMILES string of the molecule is c1ccc(-c2ccc3ccc4ccc(-c5ccc6oc7cccc(-c8ccc9cnccc9c8)c7c6c5)nc4c3n2)cc1. The predicted molar refractivity (Wildman–Crippen MR) is 176 cm³/mol. The number of hydrogen-bond acceptors (Lipinski definition) is 4. The minimum Gasteiger partial charge on any atom is -0.456 e. The number of aromatic nitrogens is 3. The van der Waals surface area contributed by atoms with Crippen molar-refractivity contribution >= 4 is 54.5 Å². The smallest absolute Gasteiger partial charge is 0.136 e. The molecule has 5 aromatic carbocycles. The predicted octanol–water partition coefficient (Wildman–Crippen LogP) is 10.2. The molecule has 0 radical (unpaired) electrons. The maximum absolute atomic E-state index is 6.34. The summed E-state index contributed by atoms with van der Waals surface area (Å²) in [6.07, 6.45) is 3.74. The minimum atomic E-state index is 0.858. The first-order chi connectivity index (χ1) is 21.3. The Morgan fingerprint density at radius 2 is 1.19 bits per heavy atom. The largest absolute Gasteiger partial charge is 0.456 e. The van der Waals surface area contributed by atoms with E-state index >= 15 is 0 Å². The van der Waals surface area contributed by atoms with Crippen LogP contribution in [0.15, 0.2) is 144 Å². The van der Waals surface area contributed by atoms with Crippen LogP contribution in [0.3, 0.4) is 0 Å². The van der Waals surface area contributed by atoms with Crippen molar-refractivity contribution in [3.05, 3.63) is 140 Å². The molecule has 0 atom stereocenters. The van der Waals surface area contributed by atoms with Crippen LogP contribution in [0.5, 0.6) is 0 Å². The molecular weight excluding hydrogens is 526 g/mol. The average Bonchev–Trinajstić information content (AvgIpc) is 3.46. The summed E-state index contributed by atoms with van der Waals surface area (Å²) in [5.74, 6) is 0. The molecule has 0 aliphatic carbocycles. The second-order valence-corrected chi connectivity index (χ2v) is 10.9. The molecule has 0 unspecified atom stereocenters. The van der Waals surface area contributed by atoms with Gasteiger partial charge in [-0.15, -0.1) is 0 Å². The van der Waals surface area contributed by atoms with E-state index in [9.17, 15) is 0 Å². The zero-order chi connectivity index (χ0) is 28.3. The molecule has 4 heterocycles. The number of rotatable bonds is 3. The Hall–Kier alpha value is -5.87. The molecule has 9 rings (SSSR count). The van der Waals surface area contributed by atoms with Gasteiger partial charge in [0.1, 0.15) is 11.2 Å². The van der Waals surface area contributed by atoms with Crippen LogP contribution in [0, 0.1) is 0 Å². The lowest BCUT2D eigenvalue weighted by Crippen LogP contribution is -1.91. The van der Waals surface area contributed by atoms with E-state index in [1.807, 2.05) is 36.7 Å². The summed E-state index contributed by atoms with van der Waals surface area (Å²) < 4.78 is 6.34. The van der Waals surface area contributed by atoms with Crippen LogP contribution in [-0.2, 0) is 0 Å². The highest BCUT2D eigenvalue weighted by Crippen LogP contribution is 2.39. The van der Waals surface area contributed by atoms with E-state index in [2.05, 4.69) is 108 Å². The standard InChI is InChI=1S/C39H23N3O/c1-2-5-24(6-3-1)33-16-13-25-9-10-26-14-17-34(42-39(26)38(25)41-33)29-15-18-35-32(22-29)37-31(7-4-8-36(37)43-35)28-11-12-30-23-40-20-19-27(30)21-28/h1-23H. The van der Waals surface area contributed by atoms with Gasteiger partial charge in [-0.25, -0.2) is 9.97 Å². The summed E-state index contributed by atoms with van der Waals surface area (Å²) in [6, 6.07) is 44.2. The highest BCUT2D eigenvalue weighted by molar-refractivity contribution is 6.14. The van der Waals surface area contributed by atoms with E-state index in [1.54, 1.807) is 0 Å². The molecule has 0 bridgehead atoms. The van der Waals surface area contributed by atoms with Gasteiger partial charge in [-0.3, -0.25) is 4.98 Å². The molecule has 0 aliphatic rings. The molecule has 0 amide bonds. The molecule has 4 aromatic heterocycles. The van der Waals surface area contributed by atoms with Gasteiger partial charge in [0.05, 0.1) is 22.4 Å². The number of hydrogen-bond donors (Lipinski definition) is 0. The third kappa shape index (κ3) is 3.88. The quantitative estimate of drug-likeness (QED) is 0.206. The van der Waals surface area contributed by atoms with E-state index in [-0.39, 0.29) is 0 Å². The van der Waals surface area contributed by atoms with E-state index in [4.69, 9.17) is 14.4 Å². The van der Waals surface area contributed by atoms with Gasteiger partial charge in [0.25, 0.3) is 0 Å². The molecule has 0 spiro atoms. The number of benzene rings is 5. The van der Waals surface area contributed by atoms with Gasteiger partial charge in [0.2, 0.25) is 0 Å². The fourth-order valence-corrected chi connectivity index (χ4v) is 6.18. The number of pyridine rings is 3. The topological polar surface area (TPSA) is 51.8 Å². The molecular formula is C39H23N3O. The Bertz CT molecular complexity index is 2510. The first-order valence-electron chi connectivity index (χ1n) is 14.3. The van der Waals surface area contributed by atoms with Gasteiger partial charge < -0.3 is 4.42 Å². The second kappa shape index (κ2) is 9.33. The fourth-order valence-electron chi connectivity index (χ4n) is 6.18. The second-order valence-electron chi connectivity index (χ2n) is 10.9. The van der Waals surface area contributed by atoms with E-state index in [1.165, 1.54) is 0 Å². The third-order valence-corrected chi connectivity index (χ3v) is 8.33. The molecule has 0 saturated heterocycles. The minimum absolute atomic E-state index is 0.858. The molecule has 0 N–H and O–H groups in total. The zero-order valence-electron chi connectivity index (χ0n) is 23.0. The van der Waals surface area contributed by atoms with Crippen LogP contribution in [0.25, 0.3) is 88.2 Å². The highest BCUT2D eigenvalue weighted by Gasteiger charge is 2.15. The lowest BCUT2D eigenvalue weighted by atomic mass is 9.96. The van der Waals surface area contributed by atoms with Crippen LogP contribution < -0.4 is 0 Å². The zero-order valence-corrected chi connectivity index (χ0v) is 23.0. The van der Waals surface area contributed by atoms with Crippen LogP contribution >= 0.6 is 0 Å². The first-order valence-corrected chi connectivity index (χ1v) is 14.3. The van der Waals surface area contributed by atoms with Crippen LogP contribution in [0.2, 0.25) is 0 Å². The van der Waals surface area contributed by atoms with Gasteiger partial charge in [0, 0.05) is 50.5 Å². The Morgan fingerprint density at radius 1 is 0.465 bits per heavy atom. The van der Waals surface area contributed by atoms with Crippen LogP contribution in [0.4, 0.5) is 0 Å². The molecule has 4 nitrogen and oxygen atoms in total. The van der Waals surface area contributed by atoms with Crippen LogP contribution in [-0.4, -0.2) is 15.0 Å². The Labute approximate surface area is 246 Å². The summed E-state index contributed by atoms with van der Waals surface area (Å²) in [5.41, 5.74) is 9.79. The molecule has 4 heteroatoms. The van der Waals surface area contributed by atoms with Crippen molar-refractivity contribution in [1.82, 2.24) is 15.0 Å². The van der Waals surface area contributed by atoms with Gasteiger partial charge >= 0.3 is 0 Å². The summed E-state index contributed by atoms with van der Waals surface area (Å²) in [5, 5.41) is 6.60. The summed E-state index contributed by atoms with van der Waals surface area (Å²) in [4.78, 5) is 14.5. The van der Waals surface area contributed by atoms with Crippen molar-refractivity contribution in [3.63, 3.8) is 0 Å². The fraction of sp³-hybridized carbons (Fsp3) is 0. The van der Waals surface area contributed by atoms with Gasteiger partial charge in [0.15, 0.2) is 0 Å². The molecule has 9 aromatic rings. The molecule has 0 saturated carbocycles. The maximum Gasteiger partial charge on any atom is 0.136 e. The Morgan fingerprint density at radius 3 is 2.00 bits per heavy atom. The lowest BCUT2D eigenvalue weighted by Gasteiger charge is -2.09. The van der Waals surface area contributed by atoms with E-state index < -0.39 is 0 Å². The average molecular weight is 550 g/mol. The number of nitrogens with zero attached hydrogens (tertiary/aromatic N) is 3. The Balaban J connectivity index is 1.22. The molecule has 200 valence electrons. The normalized spacial score (nSPS) is 11.7. The molecule has 43 heavy (non-hydrogen) atoms. The van der Waals surface area contributed by atoms with Crippen molar-refractivity contribution < 1.29 is 4.42 Å². The van der Waals surface area contributed by atoms with Crippen molar-refractivity contribution in [1.29, 1.82) is 0 Å². The Kier molecular flexibility index (Phi) is 5.16. The first kappa shape index (κ1) is 23.8. The number of furan rings is 1. The van der Waals surface area contributed by atoms with Crippen molar-refractivity contribution in [2.24, 2.45) is 0 Å². The highest BCUT2D eigenvalue weighted by atomic mass is 16.3. The molecule has 0 fully saturated rings. The summed E-state index contributed by atoms with van der Waals surface area (Å²) >= 11 is 0.